The van der Waals surface area contributed by atoms with Crippen molar-refractivity contribution in [2.75, 3.05) is 19.8 Å². The molecule has 7 atom stereocenters. The van der Waals surface area contributed by atoms with E-state index in [-0.39, 0.29) is 31.1 Å². The van der Waals surface area contributed by atoms with Crippen LogP contribution in [-0.2, 0) is 30.3 Å². The smallest absolute Gasteiger partial charge is 0.312 e. The van der Waals surface area contributed by atoms with Crippen LogP contribution in [0.25, 0.3) is 0 Å². The van der Waals surface area contributed by atoms with Crippen molar-refractivity contribution in [1.29, 1.82) is 0 Å². The summed E-state index contributed by atoms with van der Waals surface area (Å²) in [5.41, 5.74) is -1.10. The minimum atomic E-state index is -1.18. The summed E-state index contributed by atoms with van der Waals surface area (Å²) in [6.45, 7) is 13.9. The Hall–Kier alpha value is -2.97. The largest absolute Gasteiger partial charge is 0.465 e. The van der Waals surface area contributed by atoms with Crippen LogP contribution in [-0.4, -0.2) is 81.8 Å². The van der Waals surface area contributed by atoms with E-state index in [4.69, 9.17) is 9.47 Å². The Balaban J connectivity index is 1.79. The van der Waals surface area contributed by atoms with E-state index in [9.17, 15) is 19.5 Å². The van der Waals surface area contributed by atoms with Gasteiger partial charge in [0.05, 0.1) is 30.8 Å². The quantitative estimate of drug-likeness (QED) is 0.176. The molecule has 8 nitrogen and oxygen atoms in total. The first kappa shape index (κ1) is 32.0. The summed E-state index contributed by atoms with van der Waals surface area (Å²) in [6, 6.07) is 7.93. The summed E-state index contributed by atoms with van der Waals surface area (Å²) in [5, 5.41) is 10.7. The standard InChI is InChI=1S/C34H48N2O6/c1-6-10-14-21-41-32(40)28-27-30(38)36(26(23-37)22-25-16-12-11-13-17-25)29(34(27)19-18-33(28,9-4)42-34)31(39)35(20-8-3)24(5)15-7-2/h6,8,11-13,16-17,24,26-29,37H,1,3,7,9-10,14-15,18-23H2,2,4-5H3/t24?,26-,27+,28-,29?,33+,34?/m1/s1. The molecule has 230 valence electrons. The summed E-state index contributed by atoms with van der Waals surface area (Å²) in [7, 11) is 0. The molecule has 3 fully saturated rings. The van der Waals surface area contributed by atoms with E-state index in [0.29, 0.717) is 38.6 Å². The number of aliphatic hydroxyl groups excluding tert-OH is 1. The number of esters is 1. The van der Waals surface area contributed by atoms with Crippen LogP contribution >= 0.6 is 0 Å². The number of ether oxygens (including phenoxy) is 2. The average molecular weight is 581 g/mol. The SMILES string of the molecule is C=CCCCOC(=O)[C@H]1[C@H]2C(=O)N([C@@H](CO)Cc3ccccc3)C(C(=O)N(CC=C)C(C)CCC)C23CC[C@]1(CC)O3. The van der Waals surface area contributed by atoms with E-state index in [1.54, 1.807) is 22.0 Å². The zero-order chi connectivity index (χ0) is 30.5. The van der Waals surface area contributed by atoms with Crippen molar-refractivity contribution in [3.63, 3.8) is 0 Å². The Morgan fingerprint density at radius 3 is 2.57 bits per heavy atom. The number of allylic oxidation sites excluding steroid dienone is 1. The molecule has 3 unspecified atom stereocenters. The number of hydrogen-bond acceptors (Lipinski definition) is 6. The predicted octanol–water partition coefficient (Wildman–Crippen LogP) is 4.46. The Morgan fingerprint density at radius 2 is 1.95 bits per heavy atom. The lowest BCUT2D eigenvalue weighted by molar-refractivity contribution is -0.164. The molecule has 42 heavy (non-hydrogen) atoms. The molecule has 0 saturated carbocycles. The van der Waals surface area contributed by atoms with Gasteiger partial charge in [0.2, 0.25) is 11.8 Å². The van der Waals surface area contributed by atoms with Gasteiger partial charge < -0.3 is 24.4 Å². The van der Waals surface area contributed by atoms with Crippen molar-refractivity contribution in [2.45, 2.75) is 101 Å². The number of likely N-dealkylation sites (tertiary alicyclic amines) is 1. The Bertz CT molecular complexity index is 1140. The van der Waals surface area contributed by atoms with E-state index in [0.717, 1.165) is 24.8 Å². The summed E-state index contributed by atoms with van der Waals surface area (Å²) in [6.07, 6.45) is 8.49. The first-order chi connectivity index (χ1) is 20.2. The van der Waals surface area contributed by atoms with Crippen LogP contribution in [0.15, 0.2) is 55.6 Å². The van der Waals surface area contributed by atoms with Gasteiger partial charge in [-0.05, 0) is 57.4 Å². The Morgan fingerprint density at radius 1 is 1.21 bits per heavy atom. The van der Waals surface area contributed by atoms with Crippen LogP contribution in [0.2, 0.25) is 0 Å². The number of fused-ring (bicyclic) bond motifs is 1. The molecule has 3 aliphatic heterocycles. The van der Waals surface area contributed by atoms with Crippen molar-refractivity contribution in [3.05, 3.63) is 61.2 Å². The lowest BCUT2D eigenvalue weighted by atomic mass is 9.65. The second-order valence-electron chi connectivity index (χ2n) is 12.1. The fraction of sp³-hybridized carbons (Fsp3) is 0.618. The molecule has 4 rings (SSSR count). The topological polar surface area (TPSA) is 96.4 Å². The van der Waals surface area contributed by atoms with E-state index in [1.165, 1.54) is 0 Å². The molecule has 1 N–H and O–H groups in total. The van der Waals surface area contributed by atoms with Gasteiger partial charge in [0.15, 0.2) is 0 Å². The summed E-state index contributed by atoms with van der Waals surface area (Å²) < 4.78 is 12.6. The molecule has 1 aromatic rings. The maximum atomic E-state index is 14.7. The number of nitrogens with zero attached hydrogens (tertiary/aromatic N) is 2. The van der Waals surface area contributed by atoms with Gasteiger partial charge in [0.25, 0.3) is 0 Å². The van der Waals surface area contributed by atoms with Crippen LogP contribution in [0.1, 0.15) is 71.3 Å². The zero-order valence-electron chi connectivity index (χ0n) is 25.5. The van der Waals surface area contributed by atoms with Crippen molar-refractivity contribution in [3.8, 4) is 0 Å². The average Bonchev–Trinajstić information content (AvgIpc) is 3.60. The highest BCUT2D eigenvalue weighted by molar-refractivity contribution is 5.99. The van der Waals surface area contributed by atoms with Crippen LogP contribution in [0.4, 0.5) is 0 Å². The van der Waals surface area contributed by atoms with Gasteiger partial charge in [0.1, 0.15) is 17.6 Å². The Kier molecular flexibility index (Phi) is 10.3. The van der Waals surface area contributed by atoms with Crippen molar-refractivity contribution in [2.24, 2.45) is 11.8 Å². The van der Waals surface area contributed by atoms with Crippen LogP contribution in [0.3, 0.4) is 0 Å². The van der Waals surface area contributed by atoms with Gasteiger partial charge in [-0.3, -0.25) is 14.4 Å². The number of carbonyl (C=O) groups is 3. The highest BCUT2D eigenvalue weighted by Gasteiger charge is 2.79. The molecule has 2 bridgehead atoms. The van der Waals surface area contributed by atoms with E-state index >= 15 is 0 Å². The number of amides is 2. The van der Waals surface area contributed by atoms with Gasteiger partial charge in [-0.15, -0.1) is 13.2 Å². The highest BCUT2D eigenvalue weighted by Crippen LogP contribution is 2.65. The first-order valence-corrected chi connectivity index (χ1v) is 15.6. The zero-order valence-corrected chi connectivity index (χ0v) is 25.5. The number of carbonyl (C=O) groups excluding carboxylic acids is 3. The normalized spacial score (nSPS) is 29.2. The van der Waals surface area contributed by atoms with Crippen molar-refractivity contribution >= 4 is 17.8 Å². The minimum Gasteiger partial charge on any atom is -0.465 e. The number of hydrogen-bond donors (Lipinski definition) is 1. The van der Waals surface area contributed by atoms with Gasteiger partial charge in [-0.25, -0.2) is 0 Å². The molecule has 3 heterocycles. The van der Waals surface area contributed by atoms with Gasteiger partial charge in [-0.2, -0.15) is 0 Å². The number of unbranched alkanes of at least 4 members (excludes halogenated alkanes) is 1. The summed E-state index contributed by atoms with van der Waals surface area (Å²) in [5.74, 6) is -2.65. The van der Waals surface area contributed by atoms with Crippen LogP contribution < -0.4 is 0 Å². The molecular formula is C34H48N2O6. The molecule has 2 amide bonds. The van der Waals surface area contributed by atoms with Crippen LogP contribution in [0.5, 0.6) is 0 Å². The molecule has 3 saturated heterocycles. The number of rotatable bonds is 16. The van der Waals surface area contributed by atoms with E-state index < -0.39 is 41.1 Å². The second kappa shape index (κ2) is 13.6. The molecule has 0 aromatic heterocycles. The third-order valence-electron chi connectivity index (χ3n) is 9.67. The highest BCUT2D eigenvalue weighted by atomic mass is 16.6. The maximum absolute atomic E-state index is 14.7. The monoisotopic (exact) mass is 580 g/mol. The molecule has 0 aliphatic carbocycles. The van der Waals surface area contributed by atoms with Gasteiger partial charge in [-0.1, -0.05) is 62.8 Å². The lowest BCUT2D eigenvalue weighted by Crippen LogP contribution is -2.60. The lowest BCUT2D eigenvalue weighted by Gasteiger charge is -2.41. The molecule has 1 spiro atoms. The third-order valence-corrected chi connectivity index (χ3v) is 9.67. The van der Waals surface area contributed by atoms with Crippen molar-refractivity contribution in [1.82, 2.24) is 9.80 Å². The fourth-order valence-electron chi connectivity index (χ4n) is 7.67. The van der Waals surface area contributed by atoms with E-state index in [1.807, 2.05) is 44.2 Å². The predicted molar refractivity (Wildman–Crippen MR) is 161 cm³/mol. The molecule has 3 aliphatic rings. The van der Waals surface area contributed by atoms with E-state index in [2.05, 4.69) is 20.1 Å². The molecule has 8 heteroatoms. The third kappa shape index (κ3) is 5.55. The van der Waals surface area contributed by atoms with Gasteiger partial charge in [0, 0.05) is 12.6 Å². The summed E-state index contributed by atoms with van der Waals surface area (Å²) in [4.78, 5) is 46.4. The number of benzene rings is 1. The Labute approximate surface area is 250 Å². The maximum Gasteiger partial charge on any atom is 0.312 e. The fourth-order valence-corrected chi connectivity index (χ4v) is 7.67. The first-order valence-electron chi connectivity index (χ1n) is 15.6. The minimum absolute atomic E-state index is 0.0843. The molecule has 1 aromatic carbocycles. The van der Waals surface area contributed by atoms with Gasteiger partial charge >= 0.3 is 5.97 Å². The number of aliphatic hydroxyl groups is 1. The second-order valence-corrected chi connectivity index (χ2v) is 12.1. The molecular weight excluding hydrogens is 532 g/mol. The van der Waals surface area contributed by atoms with Crippen molar-refractivity contribution < 1.29 is 29.0 Å². The van der Waals surface area contributed by atoms with Crippen LogP contribution in [0, 0.1) is 11.8 Å². The summed E-state index contributed by atoms with van der Waals surface area (Å²) >= 11 is 0. The molecule has 0 radical (unpaired) electrons.